The molecule has 0 amide bonds. The maximum Gasteiger partial charge on any atom is 0.329 e. The molecule has 9 heteroatoms. The van der Waals surface area contributed by atoms with Crippen molar-refractivity contribution in [1.29, 1.82) is 0 Å². The minimum atomic E-state index is -1.80. The number of aliphatic hydroxyl groups excluding tert-OH is 3. The van der Waals surface area contributed by atoms with Crippen LogP contribution in [-0.4, -0.2) is 67.8 Å². The number of H-pyrrole nitrogens is 1. The summed E-state index contributed by atoms with van der Waals surface area (Å²) in [6.45, 7) is 2.32. The van der Waals surface area contributed by atoms with Crippen LogP contribution in [0.25, 0.3) is 11.3 Å². The van der Waals surface area contributed by atoms with E-state index in [1.54, 1.807) is 6.92 Å². The summed E-state index contributed by atoms with van der Waals surface area (Å²) in [6.07, 6.45) is 0.747. The first kappa shape index (κ1) is 19.0. The molecule has 0 bridgehead atoms. The van der Waals surface area contributed by atoms with Crippen molar-refractivity contribution in [2.45, 2.75) is 57.0 Å². The third-order valence-corrected chi connectivity index (χ3v) is 7.34. The molecule has 1 aromatic heterocycles. The van der Waals surface area contributed by atoms with Crippen LogP contribution in [0.3, 0.4) is 0 Å². The fourth-order valence-corrected chi connectivity index (χ4v) is 5.55. The highest BCUT2D eigenvalue weighted by atomic mass is 19.1. The average Bonchev–Trinajstić information content (AvgIpc) is 3.58. The SMILES string of the molecule is CC1=c2c(c(=O)[nH]c(=O)n2C2CC2)=C(O)C(F)C1N1CC(C(O)CO)C2(CC2)C1. The van der Waals surface area contributed by atoms with Crippen molar-refractivity contribution in [3.05, 3.63) is 31.4 Å². The zero-order valence-electron chi connectivity index (χ0n) is 16.3. The van der Waals surface area contributed by atoms with Crippen LogP contribution in [0.4, 0.5) is 4.39 Å². The van der Waals surface area contributed by atoms with Crippen molar-refractivity contribution in [1.82, 2.24) is 14.5 Å². The number of halogens is 1. The minimum absolute atomic E-state index is 0.0510. The van der Waals surface area contributed by atoms with Gasteiger partial charge in [-0.05, 0) is 43.6 Å². The Morgan fingerprint density at radius 3 is 2.59 bits per heavy atom. The molecule has 29 heavy (non-hydrogen) atoms. The first-order chi connectivity index (χ1) is 13.8. The van der Waals surface area contributed by atoms with Gasteiger partial charge < -0.3 is 15.3 Å². The number of aromatic nitrogens is 2. The molecule has 4 atom stereocenters. The van der Waals surface area contributed by atoms with Gasteiger partial charge in [-0.15, -0.1) is 0 Å². The van der Waals surface area contributed by atoms with E-state index in [0.717, 1.165) is 25.7 Å². The number of nitrogens with one attached hydrogen (secondary N) is 1. The van der Waals surface area contributed by atoms with Gasteiger partial charge in [0.25, 0.3) is 5.56 Å². The summed E-state index contributed by atoms with van der Waals surface area (Å²) >= 11 is 0. The number of aliphatic hydroxyl groups is 3. The predicted octanol–water partition coefficient (Wildman–Crippen LogP) is -1.51. The standard InChI is InChI=1S/C20H26FN3O5/c1-9-15-13(18(28)22-19(29)24(15)10-2-3-10)17(27)14(21)16(9)23-6-11(12(26)7-25)20(8-23)4-5-20/h10-12,14,16,25-27H,2-8H2,1H3,(H,22,28,29). The van der Waals surface area contributed by atoms with E-state index < -0.39 is 35.3 Å². The van der Waals surface area contributed by atoms with Gasteiger partial charge in [-0.3, -0.25) is 19.2 Å². The highest BCUT2D eigenvalue weighted by Crippen LogP contribution is 2.58. The maximum atomic E-state index is 15.4. The Morgan fingerprint density at radius 1 is 1.31 bits per heavy atom. The first-order valence-electron chi connectivity index (χ1n) is 10.2. The zero-order valence-corrected chi connectivity index (χ0v) is 16.3. The Morgan fingerprint density at radius 2 is 2.00 bits per heavy atom. The van der Waals surface area contributed by atoms with Crippen LogP contribution in [0.1, 0.15) is 38.6 Å². The molecule has 3 aliphatic carbocycles. The third-order valence-electron chi connectivity index (χ3n) is 7.34. The molecular formula is C20H26FN3O5. The van der Waals surface area contributed by atoms with E-state index in [0.29, 0.717) is 24.0 Å². The lowest BCUT2D eigenvalue weighted by Crippen LogP contribution is -2.61. The molecular weight excluding hydrogens is 381 g/mol. The smallest absolute Gasteiger partial charge is 0.329 e. The van der Waals surface area contributed by atoms with Gasteiger partial charge in [-0.2, -0.15) is 0 Å². The molecule has 4 aliphatic rings. The van der Waals surface area contributed by atoms with Gasteiger partial charge >= 0.3 is 5.69 Å². The van der Waals surface area contributed by atoms with Crippen LogP contribution in [0.15, 0.2) is 9.59 Å². The molecule has 1 saturated heterocycles. The van der Waals surface area contributed by atoms with Crippen molar-refractivity contribution in [3.63, 3.8) is 0 Å². The van der Waals surface area contributed by atoms with Gasteiger partial charge in [-0.1, -0.05) is 0 Å². The Balaban J connectivity index is 1.67. The lowest BCUT2D eigenvalue weighted by Gasteiger charge is -2.34. The second-order valence-corrected chi connectivity index (χ2v) is 9.15. The molecule has 5 rings (SSSR count). The van der Waals surface area contributed by atoms with Crippen molar-refractivity contribution < 1.29 is 19.7 Å². The molecule has 4 N–H and O–H groups in total. The van der Waals surface area contributed by atoms with Crippen molar-refractivity contribution in [2.24, 2.45) is 11.3 Å². The normalized spacial score (nSPS) is 31.9. The fourth-order valence-electron chi connectivity index (χ4n) is 5.55. The van der Waals surface area contributed by atoms with E-state index in [1.807, 2.05) is 4.90 Å². The molecule has 3 fully saturated rings. The van der Waals surface area contributed by atoms with Crippen LogP contribution in [0, 0.1) is 11.3 Å². The molecule has 1 aromatic rings. The van der Waals surface area contributed by atoms with Gasteiger partial charge in [0.2, 0.25) is 0 Å². The highest BCUT2D eigenvalue weighted by Gasteiger charge is 2.59. The second kappa shape index (κ2) is 6.26. The molecule has 1 spiro atoms. The van der Waals surface area contributed by atoms with Crippen LogP contribution < -0.4 is 21.8 Å². The zero-order chi connectivity index (χ0) is 20.7. The summed E-state index contributed by atoms with van der Waals surface area (Å²) in [7, 11) is 0. The number of fused-ring (bicyclic) bond motifs is 1. The number of hydrogen-bond donors (Lipinski definition) is 4. The van der Waals surface area contributed by atoms with Gasteiger partial charge in [0.1, 0.15) is 11.0 Å². The van der Waals surface area contributed by atoms with Crippen LogP contribution in [0.5, 0.6) is 0 Å². The number of likely N-dealkylation sites (tertiary alicyclic amines) is 1. The van der Waals surface area contributed by atoms with E-state index in [9.17, 15) is 24.9 Å². The van der Waals surface area contributed by atoms with Gasteiger partial charge in [0, 0.05) is 25.0 Å². The average molecular weight is 407 g/mol. The second-order valence-electron chi connectivity index (χ2n) is 9.15. The van der Waals surface area contributed by atoms with E-state index in [1.165, 1.54) is 4.57 Å². The monoisotopic (exact) mass is 407 g/mol. The topological polar surface area (TPSA) is 119 Å². The van der Waals surface area contributed by atoms with E-state index in [2.05, 4.69) is 4.98 Å². The summed E-state index contributed by atoms with van der Waals surface area (Å²) in [5, 5.41) is 30.5. The number of hydrogen-bond acceptors (Lipinski definition) is 6. The molecule has 2 heterocycles. The molecule has 0 aromatic carbocycles. The number of aromatic amines is 1. The van der Waals surface area contributed by atoms with Crippen molar-refractivity contribution in [3.8, 4) is 0 Å². The predicted molar refractivity (Wildman–Crippen MR) is 102 cm³/mol. The maximum absolute atomic E-state index is 15.4. The molecule has 4 unspecified atom stereocenters. The van der Waals surface area contributed by atoms with Crippen molar-refractivity contribution in [2.75, 3.05) is 19.7 Å². The van der Waals surface area contributed by atoms with E-state index >= 15 is 4.39 Å². The van der Waals surface area contributed by atoms with E-state index in [4.69, 9.17) is 0 Å². The number of alkyl halides is 1. The van der Waals surface area contributed by atoms with Crippen LogP contribution >= 0.6 is 0 Å². The fraction of sp³-hybridized carbons (Fsp3) is 0.700. The molecule has 1 aliphatic heterocycles. The highest BCUT2D eigenvalue weighted by molar-refractivity contribution is 5.60. The Hall–Kier alpha value is -1.97. The van der Waals surface area contributed by atoms with E-state index in [-0.39, 0.29) is 29.2 Å². The summed E-state index contributed by atoms with van der Waals surface area (Å²) < 4.78 is 16.9. The number of rotatable bonds is 4. The van der Waals surface area contributed by atoms with Gasteiger partial charge in [0.05, 0.1) is 24.1 Å². The van der Waals surface area contributed by atoms with Crippen LogP contribution in [0.2, 0.25) is 0 Å². The summed E-state index contributed by atoms with van der Waals surface area (Å²) in [5.74, 6) is -0.803. The summed E-state index contributed by atoms with van der Waals surface area (Å²) in [4.78, 5) is 29.0. The van der Waals surface area contributed by atoms with Crippen molar-refractivity contribution >= 4 is 11.3 Å². The minimum Gasteiger partial charge on any atom is -0.508 e. The Bertz CT molecular complexity index is 1100. The summed E-state index contributed by atoms with van der Waals surface area (Å²) in [6, 6.07) is -0.868. The first-order valence-corrected chi connectivity index (χ1v) is 10.2. The molecule has 8 nitrogen and oxygen atoms in total. The molecule has 0 radical (unpaired) electrons. The van der Waals surface area contributed by atoms with Gasteiger partial charge in [-0.25, -0.2) is 9.18 Å². The number of nitrogens with zero attached hydrogens (tertiary/aromatic N) is 2. The Labute approximate surface area is 165 Å². The Kier molecular flexibility index (Phi) is 4.11. The third kappa shape index (κ3) is 2.67. The van der Waals surface area contributed by atoms with Gasteiger partial charge in [0.15, 0.2) is 6.17 Å². The van der Waals surface area contributed by atoms with Crippen LogP contribution in [-0.2, 0) is 0 Å². The lowest BCUT2D eigenvalue weighted by molar-refractivity contribution is 0.0305. The molecule has 2 saturated carbocycles. The molecule has 158 valence electrons. The summed E-state index contributed by atoms with van der Waals surface area (Å²) in [5.41, 5.74) is -0.889. The quantitative estimate of drug-likeness (QED) is 0.482. The largest absolute Gasteiger partial charge is 0.508 e. The lowest BCUT2D eigenvalue weighted by atomic mass is 9.88.